The van der Waals surface area contributed by atoms with Crippen molar-refractivity contribution in [2.45, 2.75) is 71.4 Å². The van der Waals surface area contributed by atoms with Crippen molar-refractivity contribution in [3.8, 4) is 28.4 Å². The van der Waals surface area contributed by atoms with E-state index in [0.29, 0.717) is 36.8 Å². The molecule has 1 heterocycles. The van der Waals surface area contributed by atoms with Gasteiger partial charge in [0, 0.05) is 19.5 Å². The minimum atomic E-state index is -0.681. The van der Waals surface area contributed by atoms with Gasteiger partial charge in [0.1, 0.15) is 18.6 Å². The van der Waals surface area contributed by atoms with Crippen LogP contribution in [-0.2, 0) is 20.8 Å². The highest BCUT2D eigenvalue weighted by Gasteiger charge is 2.44. The van der Waals surface area contributed by atoms with Gasteiger partial charge in [0.2, 0.25) is 23.5 Å². The van der Waals surface area contributed by atoms with Crippen molar-refractivity contribution in [3.05, 3.63) is 42.0 Å². The SMILES string of the molecule is CCCCCNC(=O)CN1C(=O)[C@@H](Cc2ccc(-c3cc(OC)c(OC)c(OC)c3)cc2)N(CCCC)C(=O)[C@@H]1C. The molecule has 1 aliphatic rings. The maximum absolute atomic E-state index is 13.8. The second-order valence-corrected chi connectivity index (χ2v) is 10.4. The van der Waals surface area contributed by atoms with Crippen molar-refractivity contribution in [1.82, 2.24) is 15.1 Å². The number of hydrogen-bond donors (Lipinski definition) is 1. The summed E-state index contributed by atoms with van der Waals surface area (Å²) in [6.45, 7) is 6.85. The van der Waals surface area contributed by atoms with E-state index in [4.69, 9.17) is 14.2 Å². The van der Waals surface area contributed by atoms with Crippen LogP contribution in [0.25, 0.3) is 11.1 Å². The number of carbonyl (C=O) groups is 3. The minimum absolute atomic E-state index is 0.115. The van der Waals surface area contributed by atoms with E-state index in [1.165, 1.54) is 4.90 Å². The zero-order chi connectivity index (χ0) is 29.9. The lowest BCUT2D eigenvalue weighted by molar-refractivity contribution is -0.162. The quantitative estimate of drug-likeness (QED) is 0.319. The van der Waals surface area contributed by atoms with Crippen LogP contribution in [0.15, 0.2) is 36.4 Å². The van der Waals surface area contributed by atoms with E-state index < -0.39 is 12.1 Å². The van der Waals surface area contributed by atoms with Crippen molar-refractivity contribution in [2.75, 3.05) is 41.0 Å². The third kappa shape index (κ3) is 7.71. The van der Waals surface area contributed by atoms with Crippen LogP contribution in [-0.4, -0.2) is 80.6 Å². The molecule has 0 bridgehead atoms. The molecule has 2 aromatic rings. The first kappa shape index (κ1) is 31.8. The van der Waals surface area contributed by atoms with Gasteiger partial charge >= 0.3 is 0 Å². The van der Waals surface area contributed by atoms with Gasteiger partial charge in [-0.25, -0.2) is 0 Å². The molecule has 0 spiro atoms. The number of carbonyl (C=O) groups excluding carboxylic acids is 3. The van der Waals surface area contributed by atoms with Gasteiger partial charge in [-0.15, -0.1) is 0 Å². The lowest BCUT2D eigenvalue weighted by Crippen LogP contribution is -2.65. The molecule has 0 aromatic heterocycles. The largest absolute Gasteiger partial charge is 0.493 e. The minimum Gasteiger partial charge on any atom is -0.493 e. The Bertz CT molecular complexity index is 1160. The number of hydrogen-bond acceptors (Lipinski definition) is 6. The van der Waals surface area contributed by atoms with E-state index in [1.807, 2.05) is 36.4 Å². The van der Waals surface area contributed by atoms with E-state index in [2.05, 4.69) is 19.2 Å². The van der Waals surface area contributed by atoms with Crippen LogP contribution in [0, 0.1) is 0 Å². The fraction of sp³-hybridized carbons (Fsp3) is 0.531. The van der Waals surface area contributed by atoms with Gasteiger partial charge in [-0.1, -0.05) is 57.4 Å². The standard InChI is InChI=1S/C32H45N3O6/c1-7-9-11-16-33-29(36)21-35-22(3)31(37)34(17-10-8-2)26(32(35)38)18-23-12-14-24(15-13-23)25-19-27(39-4)30(41-6)28(20-25)40-5/h12-15,19-20,22,26H,7-11,16-18,21H2,1-6H3,(H,33,36)/t22-,26+/m0/s1. The number of nitrogens with zero attached hydrogens (tertiary/aromatic N) is 2. The molecule has 9 nitrogen and oxygen atoms in total. The summed E-state index contributed by atoms with van der Waals surface area (Å²) in [5, 5.41) is 2.89. The number of benzene rings is 2. The molecule has 0 unspecified atom stereocenters. The Balaban J connectivity index is 1.82. The monoisotopic (exact) mass is 567 g/mol. The fourth-order valence-electron chi connectivity index (χ4n) is 5.17. The fourth-order valence-corrected chi connectivity index (χ4v) is 5.17. The number of nitrogens with one attached hydrogen (secondary N) is 1. The van der Waals surface area contributed by atoms with Crippen molar-refractivity contribution in [3.63, 3.8) is 0 Å². The first-order chi connectivity index (χ1) is 19.8. The van der Waals surface area contributed by atoms with Crippen molar-refractivity contribution >= 4 is 17.7 Å². The summed E-state index contributed by atoms with van der Waals surface area (Å²) in [6, 6.07) is 10.3. The van der Waals surface area contributed by atoms with E-state index in [0.717, 1.165) is 48.8 Å². The first-order valence-electron chi connectivity index (χ1n) is 14.6. The predicted molar refractivity (Wildman–Crippen MR) is 159 cm³/mol. The molecule has 2 atom stereocenters. The van der Waals surface area contributed by atoms with Crippen LogP contribution in [0.1, 0.15) is 58.4 Å². The number of amides is 3. The normalized spacial score (nSPS) is 17.0. The molecule has 41 heavy (non-hydrogen) atoms. The molecular weight excluding hydrogens is 522 g/mol. The van der Waals surface area contributed by atoms with Crippen molar-refractivity contribution in [2.24, 2.45) is 0 Å². The van der Waals surface area contributed by atoms with E-state index >= 15 is 0 Å². The van der Waals surface area contributed by atoms with Gasteiger partial charge in [-0.05, 0) is 48.6 Å². The Morgan fingerprint density at radius 1 is 0.829 bits per heavy atom. The Morgan fingerprint density at radius 3 is 2.02 bits per heavy atom. The summed E-state index contributed by atoms with van der Waals surface area (Å²) < 4.78 is 16.4. The summed E-state index contributed by atoms with van der Waals surface area (Å²) >= 11 is 0. The molecule has 3 rings (SSSR count). The number of piperazine rings is 1. The van der Waals surface area contributed by atoms with Crippen LogP contribution < -0.4 is 19.5 Å². The van der Waals surface area contributed by atoms with E-state index in [9.17, 15) is 14.4 Å². The number of unbranched alkanes of at least 4 members (excludes halogenated alkanes) is 3. The number of methoxy groups -OCH3 is 3. The maximum Gasteiger partial charge on any atom is 0.246 e. The number of ether oxygens (including phenoxy) is 3. The Hall–Kier alpha value is -3.75. The average Bonchev–Trinajstić information content (AvgIpc) is 2.99. The second kappa shape index (κ2) is 15.3. The summed E-state index contributed by atoms with van der Waals surface area (Å²) in [4.78, 5) is 43.0. The molecule has 2 aromatic carbocycles. The molecule has 0 aliphatic carbocycles. The molecule has 0 radical (unpaired) electrons. The first-order valence-corrected chi connectivity index (χ1v) is 14.6. The summed E-state index contributed by atoms with van der Waals surface area (Å²) in [5.74, 6) is 1.11. The van der Waals surface area contributed by atoms with Gasteiger partial charge < -0.3 is 29.3 Å². The second-order valence-electron chi connectivity index (χ2n) is 10.4. The highest BCUT2D eigenvalue weighted by molar-refractivity contribution is 5.99. The predicted octanol–water partition coefficient (Wildman–Crippen LogP) is 4.46. The third-order valence-corrected chi connectivity index (χ3v) is 7.60. The van der Waals surface area contributed by atoms with Crippen LogP contribution in [0.5, 0.6) is 17.2 Å². The summed E-state index contributed by atoms with van der Waals surface area (Å²) in [5.41, 5.74) is 2.76. The summed E-state index contributed by atoms with van der Waals surface area (Å²) in [7, 11) is 4.73. The van der Waals surface area contributed by atoms with Crippen molar-refractivity contribution in [1.29, 1.82) is 0 Å². The zero-order valence-electron chi connectivity index (χ0n) is 25.3. The number of rotatable bonds is 15. The Kier molecular flexibility index (Phi) is 11.9. The molecule has 224 valence electrons. The van der Waals surface area contributed by atoms with Gasteiger partial charge in [0.15, 0.2) is 11.5 Å². The highest BCUT2D eigenvalue weighted by atomic mass is 16.5. The molecule has 9 heteroatoms. The van der Waals surface area contributed by atoms with Crippen LogP contribution in [0.2, 0.25) is 0 Å². The van der Waals surface area contributed by atoms with E-state index in [1.54, 1.807) is 33.2 Å². The van der Waals surface area contributed by atoms with Gasteiger partial charge in [-0.3, -0.25) is 14.4 Å². The molecule has 1 N–H and O–H groups in total. The smallest absolute Gasteiger partial charge is 0.246 e. The van der Waals surface area contributed by atoms with Crippen molar-refractivity contribution < 1.29 is 28.6 Å². The zero-order valence-corrected chi connectivity index (χ0v) is 25.3. The molecule has 1 saturated heterocycles. The topological polar surface area (TPSA) is 97.4 Å². The molecule has 1 aliphatic heterocycles. The van der Waals surface area contributed by atoms with Gasteiger partial charge in [-0.2, -0.15) is 0 Å². The Morgan fingerprint density at radius 2 is 1.46 bits per heavy atom. The van der Waals surface area contributed by atoms with Crippen LogP contribution in [0.3, 0.4) is 0 Å². The molecule has 3 amide bonds. The lowest BCUT2D eigenvalue weighted by Gasteiger charge is -2.44. The van der Waals surface area contributed by atoms with Gasteiger partial charge in [0.05, 0.1) is 21.3 Å². The average molecular weight is 568 g/mol. The third-order valence-electron chi connectivity index (χ3n) is 7.60. The maximum atomic E-state index is 13.8. The lowest BCUT2D eigenvalue weighted by atomic mass is 9.96. The van der Waals surface area contributed by atoms with Crippen LogP contribution in [0.4, 0.5) is 0 Å². The van der Waals surface area contributed by atoms with Gasteiger partial charge in [0.25, 0.3) is 0 Å². The molecular formula is C32H45N3O6. The molecule has 0 saturated carbocycles. The summed E-state index contributed by atoms with van der Waals surface area (Å²) in [6.07, 6.45) is 5.07. The Labute approximate surface area is 244 Å². The highest BCUT2D eigenvalue weighted by Crippen LogP contribution is 2.41. The van der Waals surface area contributed by atoms with E-state index in [-0.39, 0.29) is 24.3 Å². The van der Waals surface area contributed by atoms with Crippen LogP contribution >= 0.6 is 0 Å². The molecule has 1 fully saturated rings.